The average molecular weight is 309 g/mol. The number of carbonyl (C=O) groups excluding carboxylic acids is 1. The maximum Gasteiger partial charge on any atom is 0.309 e. The summed E-state index contributed by atoms with van der Waals surface area (Å²) in [6.45, 7) is 3.90. The van der Waals surface area contributed by atoms with Crippen LogP contribution in [0.2, 0.25) is 0 Å². The number of hydrogen-bond donors (Lipinski definition) is 0. The van der Waals surface area contributed by atoms with Crippen LogP contribution in [0.15, 0.2) is 29.8 Å². The minimum Gasteiger partial charge on any atom is -0.466 e. The van der Waals surface area contributed by atoms with Crippen molar-refractivity contribution in [3.63, 3.8) is 0 Å². The van der Waals surface area contributed by atoms with Crippen LogP contribution in [0, 0.1) is 28.6 Å². The zero-order chi connectivity index (χ0) is 16.7. The summed E-state index contributed by atoms with van der Waals surface area (Å²) in [6.07, 6.45) is 3.16. The zero-order valence-corrected chi connectivity index (χ0v) is 13.2. The Kier molecular flexibility index (Phi) is 5.77. The molecule has 1 aliphatic rings. The predicted octanol–water partition coefficient (Wildman–Crippen LogP) is 2.90. The van der Waals surface area contributed by atoms with E-state index in [2.05, 4.69) is 4.90 Å². The second kappa shape index (κ2) is 8.00. The second-order valence-corrected chi connectivity index (χ2v) is 5.39. The Balaban J connectivity index is 1.97. The first kappa shape index (κ1) is 16.6. The number of piperidine rings is 1. The van der Waals surface area contributed by atoms with Crippen molar-refractivity contribution >= 4 is 17.7 Å². The molecule has 1 aromatic carbocycles. The van der Waals surface area contributed by atoms with Crippen LogP contribution in [-0.2, 0) is 9.53 Å². The van der Waals surface area contributed by atoms with E-state index in [9.17, 15) is 4.79 Å². The van der Waals surface area contributed by atoms with Crippen molar-refractivity contribution in [1.82, 2.24) is 0 Å². The van der Waals surface area contributed by atoms with E-state index in [1.54, 1.807) is 6.08 Å². The van der Waals surface area contributed by atoms with Gasteiger partial charge in [0.2, 0.25) is 0 Å². The van der Waals surface area contributed by atoms with Crippen LogP contribution in [0.25, 0.3) is 6.08 Å². The van der Waals surface area contributed by atoms with Gasteiger partial charge in [-0.1, -0.05) is 12.1 Å². The van der Waals surface area contributed by atoms with Crippen LogP contribution < -0.4 is 4.90 Å². The van der Waals surface area contributed by atoms with Gasteiger partial charge in [0.1, 0.15) is 17.7 Å². The lowest BCUT2D eigenvalue weighted by atomic mass is 9.96. The fourth-order valence-electron chi connectivity index (χ4n) is 2.67. The van der Waals surface area contributed by atoms with Crippen LogP contribution in [0.4, 0.5) is 5.69 Å². The van der Waals surface area contributed by atoms with Crippen molar-refractivity contribution in [3.8, 4) is 12.1 Å². The fourth-order valence-corrected chi connectivity index (χ4v) is 2.67. The van der Waals surface area contributed by atoms with Crippen LogP contribution >= 0.6 is 0 Å². The van der Waals surface area contributed by atoms with Crippen molar-refractivity contribution in [2.45, 2.75) is 19.8 Å². The molecule has 1 aromatic rings. The smallest absolute Gasteiger partial charge is 0.309 e. The molecule has 0 aromatic heterocycles. The Hall–Kier alpha value is -2.79. The topological polar surface area (TPSA) is 77.1 Å². The molecular formula is C18H19N3O2. The summed E-state index contributed by atoms with van der Waals surface area (Å²) in [7, 11) is 0. The highest BCUT2D eigenvalue weighted by Crippen LogP contribution is 2.24. The summed E-state index contributed by atoms with van der Waals surface area (Å²) >= 11 is 0. The molecule has 23 heavy (non-hydrogen) atoms. The lowest BCUT2D eigenvalue weighted by Crippen LogP contribution is -2.36. The number of hydrogen-bond acceptors (Lipinski definition) is 5. The standard InChI is InChI=1S/C18H19N3O2/c1-2-23-18(22)16-7-9-21(10-8-16)17-5-3-14(4-6-17)11-15(12-19)13-20/h3-6,11,16H,2,7-10H2,1H3. The van der Waals surface area contributed by atoms with E-state index in [1.165, 1.54) is 0 Å². The molecule has 0 N–H and O–H groups in total. The van der Waals surface area contributed by atoms with Gasteiger partial charge in [-0.3, -0.25) is 4.79 Å². The lowest BCUT2D eigenvalue weighted by molar-refractivity contribution is -0.148. The molecule has 0 spiro atoms. The molecule has 1 saturated heterocycles. The summed E-state index contributed by atoms with van der Waals surface area (Å²) in [4.78, 5) is 14.0. The number of carbonyl (C=O) groups is 1. The average Bonchev–Trinajstić information content (AvgIpc) is 2.60. The van der Waals surface area contributed by atoms with Gasteiger partial charge >= 0.3 is 5.97 Å². The van der Waals surface area contributed by atoms with E-state index in [0.717, 1.165) is 37.2 Å². The molecule has 1 heterocycles. The van der Waals surface area contributed by atoms with Gasteiger partial charge < -0.3 is 9.64 Å². The van der Waals surface area contributed by atoms with Gasteiger partial charge in [-0.15, -0.1) is 0 Å². The van der Waals surface area contributed by atoms with Crippen molar-refractivity contribution in [1.29, 1.82) is 10.5 Å². The van der Waals surface area contributed by atoms with Crippen molar-refractivity contribution < 1.29 is 9.53 Å². The van der Waals surface area contributed by atoms with E-state index < -0.39 is 0 Å². The lowest BCUT2D eigenvalue weighted by Gasteiger charge is -2.32. The molecule has 2 rings (SSSR count). The first-order chi connectivity index (χ1) is 11.2. The number of esters is 1. The first-order valence-corrected chi connectivity index (χ1v) is 7.71. The molecule has 0 saturated carbocycles. The third-order valence-electron chi connectivity index (χ3n) is 3.93. The summed E-state index contributed by atoms with van der Waals surface area (Å²) < 4.78 is 5.08. The minimum absolute atomic E-state index is 0.00206. The monoisotopic (exact) mass is 309 g/mol. The van der Waals surface area contributed by atoms with Crippen LogP contribution in [-0.4, -0.2) is 25.7 Å². The maximum atomic E-state index is 11.7. The fraction of sp³-hybridized carbons (Fsp3) is 0.389. The maximum absolute atomic E-state index is 11.7. The largest absolute Gasteiger partial charge is 0.466 e. The molecule has 0 aliphatic carbocycles. The first-order valence-electron chi connectivity index (χ1n) is 7.71. The van der Waals surface area contributed by atoms with Crippen molar-refractivity contribution in [3.05, 3.63) is 35.4 Å². The molecule has 0 bridgehead atoms. The van der Waals surface area contributed by atoms with E-state index in [4.69, 9.17) is 15.3 Å². The third kappa shape index (κ3) is 4.34. The predicted molar refractivity (Wildman–Crippen MR) is 87.2 cm³/mol. The van der Waals surface area contributed by atoms with Crippen LogP contribution in [0.5, 0.6) is 0 Å². The van der Waals surface area contributed by atoms with Crippen molar-refractivity contribution in [2.75, 3.05) is 24.6 Å². The van der Waals surface area contributed by atoms with Crippen LogP contribution in [0.3, 0.4) is 0 Å². The van der Waals surface area contributed by atoms with E-state index in [1.807, 2.05) is 43.3 Å². The highest BCUT2D eigenvalue weighted by Gasteiger charge is 2.25. The third-order valence-corrected chi connectivity index (χ3v) is 3.93. The van der Waals surface area contributed by atoms with Gasteiger partial charge in [0.25, 0.3) is 0 Å². The number of nitrogens with zero attached hydrogens (tertiary/aromatic N) is 3. The summed E-state index contributed by atoms with van der Waals surface area (Å²) in [5.74, 6) is -0.0876. The number of benzene rings is 1. The number of rotatable bonds is 4. The Morgan fingerprint density at radius 2 is 1.87 bits per heavy atom. The molecule has 0 atom stereocenters. The molecule has 0 unspecified atom stereocenters. The minimum atomic E-state index is -0.0897. The van der Waals surface area contributed by atoms with Gasteiger partial charge in [0, 0.05) is 18.8 Å². The Morgan fingerprint density at radius 1 is 1.26 bits per heavy atom. The zero-order valence-electron chi connectivity index (χ0n) is 13.2. The second-order valence-electron chi connectivity index (χ2n) is 5.39. The Bertz CT molecular complexity index is 641. The highest BCUT2D eigenvalue weighted by atomic mass is 16.5. The molecule has 0 amide bonds. The number of anilines is 1. The summed E-state index contributed by atoms with van der Waals surface area (Å²) in [6, 6.07) is 11.4. The number of ether oxygens (including phenoxy) is 1. The van der Waals surface area contributed by atoms with E-state index in [0.29, 0.717) is 6.61 Å². The summed E-state index contributed by atoms with van der Waals surface area (Å²) in [5, 5.41) is 17.5. The Labute approximate surface area is 136 Å². The normalized spacial score (nSPS) is 14.5. The Morgan fingerprint density at radius 3 is 2.39 bits per heavy atom. The highest BCUT2D eigenvalue weighted by molar-refractivity contribution is 5.73. The van der Waals surface area contributed by atoms with Gasteiger partial charge in [0.05, 0.1) is 12.5 Å². The molecule has 118 valence electrons. The van der Waals surface area contributed by atoms with Gasteiger partial charge in [-0.2, -0.15) is 10.5 Å². The van der Waals surface area contributed by atoms with Gasteiger partial charge in [0.15, 0.2) is 0 Å². The van der Waals surface area contributed by atoms with E-state index >= 15 is 0 Å². The SMILES string of the molecule is CCOC(=O)C1CCN(c2ccc(C=C(C#N)C#N)cc2)CC1. The molecule has 1 fully saturated rings. The number of nitriles is 2. The molecule has 0 radical (unpaired) electrons. The molecule has 5 heteroatoms. The summed E-state index contributed by atoms with van der Waals surface area (Å²) in [5.41, 5.74) is 2.00. The van der Waals surface area contributed by atoms with Gasteiger partial charge in [-0.25, -0.2) is 0 Å². The van der Waals surface area contributed by atoms with E-state index in [-0.39, 0.29) is 17.5 Å². The molecule has 1 aliphatic heterocycles. The van der Waals surface area contributed by atoms with Crippen molar-refractivity contribution in [2.24, 2.45) is 5.92 Å². The van der Waals surface area contributed by atoms with Crippen LogP contribution in [0.1, 0.15) is 25.3 Å². The van der Waals surface area contributed by atoms with Gasteiger partial charge in [-0.05, 0) is 43.5 Å². The number of allylic oxidation sites excluding steroid dienone is 1. The molecular weight excluding hydrogens is 290 g/mol. The quantitative estimate of drug-likeness (QED) is 0.631. The molecule has 5 nitrogen and oxygen atoms in total.